The average molecular weight is 1090 g/mol. The molecule has 4 N–H and O–H groups in total. The second-order valence-electron chi connectivity index (χ2n) is 21.6. The number of nitrogens with one attached hydrogen (secondary N) is 2. The number of ketones is 2. The Morgan fingerprint density at radius 2 is 1.28 bits per heavy atom. The minimum atomic E-state index is -0.196. The summed E-state index contributed by atoms with van der Waals surface area (Å²) < 4.78 is 27.3. The van der Waals surface area contributed by atoms with Gasteiger partial charge < -0.3 is 30.4 Å². The number of halogens is 1. The predicted octanol–water partition coefficient (Wildman–Crippen LogP) is 13.8. The zero-order chi connectivity index (χ0) is 56.6. The minimum Gasteiger partial charge on any atom is -0.457 e. The number of likely N-dealkylation sites (tertiary alicyclic amines) is 2. The normalized spacial score (nSPS) is 14.2. The highest BCUT2D eigenvalue weighted by Crippen LogP contribution is 2.32. The van der Waals surface area contributed by atoms with Crippen molar-refractivity contribution in [2.75, 3.05) is 62.7 Å². The number of rotatable bonds is 18. The number of piperidine rings is 2. The number of isothiocyanates is 1. The van der Waals surface area contributed by atoms with Crippen LogP contribution in [0.1, 0.15) is 107 Å². The molecule has 2 fully saturated rings. The topological polar surface area (TPSA) is 165 Å². The molecule has 0 amide bonds. The van der Waals surface area contributed by atoms with Gasteiger partial charge in [0.15, 0.2) is 11.6 Å². The number of aryl methyl sites for hydroxylation is 2. The second kappa shape index (κ2) is 28.5. The van der Waals surface area contributed by atoms with Crippen LogP contribution in [0.15, 0.2) is 114 Å². The number of fused-ring (bicyclic) bond motifs is 1. The van der Waals surface area contributed by atoms with Crippen molar-refractivity contribution in [3.63, 3.8) is 0 Å². The third-order valence-corrected chi connectivity index (χ3v) is 14.5. The zero-order valence-electron chi connectivity index (χ0n) is 47.3. The van der Waals surface area contributed by atoms with Gasteiger partial charge in [0, 0.05) is 56.4 Å². The maximum atomic E-state index is 13.2. The Bertz CT molecular complexity index is 3230. The summed E-state index contributed by atoms with van der Waals surface area (Å²) in [5, 5.41) is 8.75. The van der Waals surface area contributed by atoms with Crippen LogP contribution in [0.25, 0.3) is 11.0 Å². The van der Waals surface area contributed by atoms with Gasteiger partial charge in [0.25, 0.3) is 0 Å². The monoisotopic (exact) mass is 1090 g/mol. The molecule has 0 saturated carbocycles. The lowest BCUT2D eigenvalue weighted by molar-refractivity contribution is -0.120. The van der Waals surface area contributed by atoms with Crippen LogP contribution in [0.4, 0.5) is 33.1 Å². The van der Waals surface area contributed by atoms with E-state index < -0.39 is 0 Å². The molecule has 0 aliphatic carbocycles. The van der Waals surface area contributed by atoms with E-state index in [-0.39, 0.29) is 23.3 Å². The number of aromatic nitrogens is 4. The number of ether oxygens (including phenoxy) is 2. The maximum absolute atomic E-state index is 13.2. The number of carbonyl (C=O) groups is 2. The number of hydrogen-bond donors (Lipinski definition) is 3. The SMILES string of the molecule is CC(C)c1cc(N=C=S)ccc1F.CNc1ccc(Oc2ccnc(CC(=O)CN3CCC(C)CC3)c2)cc1N.Cc1ccc(Nc2nc3cc(Oc4ccnc(CC(=O)CN5CCC(C)CC5)c4)ccc3n2C)cc1C(C)C. The van der Waals surface area contributed by atoms with E-state index in [0.29, 0.717) is 71.8 Å². The zero-order valence-corrected chi connectivity index (χ0v) is 48.1. The standard InChI is InChI=1S/C32H39N5O2.C21H28N4O2.C10H10FNS/c1-21(2)29-18-24(7-6-23(29)4)34-32-35-30-19-27(8-9-31(30)36(32)5)39-28-10-13-33-25(17-28)16-26(38)20-37-14-11-22(3)12-15-37;1-15-6-9-25(10-7-15)14-17(26)11-16-12-19(5-8-24-16)27-18-3-4-21(23-2)20(22)13-18;1-7(2)9-5-8(12-6-13)3-4-10(9)11/h6-10,13,17-19,21-22H,11-12,14-16,20H2,1-5H3,(H,34,35);3-5,8,12-13,15,23H,6-7,9-11,14,22H2,1-2H3;3-5,7H,1-2H3. The Labute approximate surface area is 471 Å². The number of thiocarbonyl (C=S) groups is 1. The Kier molecular flexibility index (Phi) is 21.4. The van der Waals surface area contributed by atoms with Gasteiger partial charge in [0.05, 0.1) is 70.6 Å². The average Bonchev–Trinajstić information content (AvgIpc) is 3.86. The Morgan fingerprint density at radius 1 is 0.734 bits per heavy atom. The van der Waals surface area contributed by atoms with Crippen molar-refractivity contribution in [3.05, 3.63) is 143 Å². The molecule has 7 aromatic rings. The maximum Gasteiger partial charge on any atom is 0.208 e. The lowest BCUT2D eigenvalue weighted by Gasteiger charge is -2.29. The molecule has 5 heterocycles. The first-order valence-electron chi connectivity index (χ1n) is 27.5. The largest absolute Gasteiger partial charge is 0.457 e. The molecule has 2 aliphatic heterocycles. The summed E-state index contributed by atoms with van der Waals surface area (Å²) in [6.45, 7) is 20.0. The minimum absolute atomic E-state index is 0.153. The van der Waals surface area contributed by atoms with Crippen molar-refractivity contribution < 1.29 is 23.5 Å². The molecule has 0 atom stereocenters. The highest BCUT2D eigenvalue weighted by atomic mass is 32.1. The molecule has 3 aromatic heterocycles. The number of aliphatic imine (C=N–C) groups is 1. The van der Waals surface area contributed by atoms with Crippen LogP contribution in [0.5, 0.6) is 23.0 Å². The first-order valence-corrected chi connectivity index (χ1v) is 27.9. The summed E-state index contributed by atoms with van der Waals surface area (Å²) in [6, 6.07) is 29.8. The van der Waals surface area contributed by atoms with Crippen molar-refractivity contribution in [2.24, 2.45) is 23.9 Å². The lowest BCUT2D eigenvalue weighted by Crippen LogP contribution is -2.37. The van der Waals surface area contributed by atoms with Crippen LogP contribution in [-0.2, 0) is 29.5 Å². The summed E-state index contributed by atoms with van der Waals surface area (Å²) in [7, 11) is 3.83. The van der Waals surface area contributed by atoms with Gasteiger partial charge in [-0.3, -0.25) is 29.4 Å². The summed E-state index contributed by atoms with van der Waals surface area (Å²) in [5.74, 6) is 5.74. The van der Waals surface area contributed by atoms with E-state index in [1.165, 1.54) is 30.0 Å². The van der Waals surface area contributed by atoms with E-state index in [2.05, 4.69) is 106 Å². The Hall–Kier alpha value is -7.36. The molecule has 0 radical (unpaired) electrons. The third-order valence-electron chi connectivity index (χ3n) is 14.4. The first kappa shape index (κ1) is 59.3. The summed E-state index contributed by atoms with van der Waals surface area (Å²) >= 11 is 4.47. The fourth-order valence-electron chi connectivity index (χ4n) is 9.71. The molecular weight excluding hydrogens is 1010 g/mol. The molecule has 416 valence electrons. The van der Waals surface area contributed by atoms with E-state index in [9.17, 15) is 14.0 Å². The quantitative estimate of drug-likeness (QED) is 0.0423. The van der Waals surface area contributed by atoms with E-state index in [0.717, 1.165) is 90.6 Å². The smallest absolute Gasteiger partial charge is 0.208 e. The molecule has 2 aliphatic rings. The van der Waals surface area contributed by atoms with Crippen LogP contribution in [0, 0.1) is 24.6 Å². The molecule has 0 spiro atoms. The van der Waals surface area contributed by atoms with E-state index in [4.69, 9.17) is 20.2 Å². The van der Waals surface area contributed by atoms with Crippen molar-refractivity contribution in [3.8, 4) is 23.0 Å². The number of nitrogens with zero attached hydrogens (tertiary/aromatic N) is 7. The summed E-state index contributed by atoms with van der Waals surface area (Å²) in [5.41, 5.74) is 15.7. The summed E-state index contributed by atoms with van der Waals surface area (Å²) in [4.78, 5) is 46.9. The number of nitrogen functional groups attached to an aromatic ring is 1. The van der Waals surface area contributed by atoms with Crippen molar-refractivity contribution in [1.82, 2.24) is 29.3 Å². The number of carbonyl (C=O) groups excluding carboxylic acids is 2. The number of pyridine rings is 2. The van der Waals surface area contributed by atoms with Gasteiger partial charge in [-0.05, 0) is 178 Å². The lowest BCUT2D eigenvalue weighted by atomic mass is 9.97. The van der Waals surface area contributed by atoms with Crippen LogP contribution in [0.3, 0.4) is 0 Å². The van der Waals surface area contributed by atoms with E-state index in [1.54, 1.807) is 36.7 Å². The fourth-order valence-corrected chi connectivity index (χ4v) is 9.82. The predicted molar refractivity (Wildman–Crippen MR) is 321 cm³/mol. The number of imidazole rings is 1. The molecule has 0 bridgehead atoms. The molecular formula is C63H77FN10O4S. The number of Topliss-reactive ketones (excluding diaryl/α,β-unsaturated/α-hetero) is 2. The van der Waals surface area contributed by atoms with Crippen molar-refractivity contribution >= 4 is 68.7 Å². The first-order chi connectivity index (χ1) is 37.9. The molecule has 9 rings (SSSR count). The van der Waals surface area contributed by atoms with Gasteiger partial charge in [0.1, 0.15) is 28.8 Å². The van der Waals surface area contributed by atoms with E-state index in [1.807, 2.05) is 81.0 Å². The number of nitrogens with two attached hydrogens (primary N) is 1. The molecule has 79 heavy (non-hydrogen) atoms. The Balaban J connectivity index is 0.000000194. The molecule has 14 nitrogen and oxygen atoms in total. The van der Waals surface area contributed by atoms with Gasteiger partial charge >= 0.3 is 0 Å². The van der Waals surface area contributed by atoms with Crippen LogP contribution in [-0.4, -0.2) is 92.4 Å². The van der Waals surface area contributed by atoms with Gasteiger partial charge in [0.2, 0.25) is 5.95 Å². The van der Waals surface area contributed by atoms with Gasteiger partial charge in [-0.1, -0.05) is 47.6 Å². The number of benzene rings is 4. The van der Waals surface area contributed by atoms with Gasteiger partial charge in [-0.25, -0.2) is 9.37 Å². The molecule has 2 saturated heterocycles. The number of anilines is 4. The van der Waals surface area contributed by atoms with Crippen molar-refractivity contribution in [1.29, 1.82) is 0 Å². The van der Waals surface area contributed by atoms with Crippen LogP contribution < -0.4 is 25.8 Å². The molecule has 16 heteroatoms. The molecule has 4 aromatic carbocycles. The molecule has 0 unspecified atom stereocenters. The number of hydrogen-bond acceptors (Lipinski definition) is 14. The summed E-state index contributed by atoms with van der Waals surface area (Å²) in [6.07, 6.45) is 8.69. The van der Waals surface area contributed by atoms with Crippen LogP contribution in [0.2, 0.25) is 0 Å². The highest BCUT2D eigenvalue weighted by molar-refractivity contribution is 7.78. The Morgan fingerprint density at radius 3 is 1.81 bits per heavy atom. The fraction of sp³-hybridized carbons (Fsp3) is 0.397. The third kappa shape index (κ3) is 17.6. The van der Waals surface area contributed by atoms with E-state index >= 15 is 0 Å². The van der Waals surface area contributed by atoms with Gasteiger partial charge in [-0.2, -0.15) is 4.99 Å². The van der Waals surface area contributed by atoms with Gasteiger partial charge in [-0.15, -0.1) is 0 Å². The second-order valence-corrected chi connectivity index (χ2v) is 21.8. The highest BCUT2D eigenvalue weighted by Gasteiger charge is 2.21. The van der Waals surface area contributed by atoms with Crippen LogP contribution >= 0.6 is 12.2 Å². The van der Waals surface area contributed by atoms with Crippen molar-refractivity contribution in [2.45, 2.75) is 98.8 Å².